The molecule has 0 atom stereocenters. The maximum absolute atomic E-state index is 12.5. The summed E-state index contributed by atoms with van der Waals surface area (Å²) in [6, 6.07) is 8.25. The highest BCUT2D eigenvalue weighted by Crippen LogP contribution is 2.29. The molecule has 0 radical (unpaired) electrons. The van der Waals surface area contributed by atoms with Crippen LogP contribution in [0.1, 0.15) is 19.3 Å². The molecule has 4 heteroatoms. The molecule has 4 nitrogen and oxygen atoms in total. The lowest BCUT2D eigenvalue weighted by molar-refractivity contribution is 0.215. The van der Waals surface area contributed by atoms with E-state index in [0.29, 0.717) is 0 Å². The van der Waals surface area contributed by atoms with Gasteiger partial charge >= 0.3 is 6.03 Å². The van der Waals surface area contributed by atoms with E-state index in [4.69, 9.17) is 0 Å². The average Bonchev–Trinajstić information content (AvgIpc) is 2.85. The van der Waals surface area contributed by atoms with Gasteiger partial charge in [0.2, 0.25) is 0 Å². The molecule has 1 N–H and O–H groups in total. The summed E-state index contributed by atoms with van der Waals surface area (Å²) in [6.45, 7) is 3.55. The van der Waals surface area contributed by atoms with E-state index in [1.54, 1.807) is 0 Å². The summed E-state index contributed by atoms with van der Waals surface area (Å²) in [5.41, 5.74) is 2.09. The number of carbonyl (C=O) groups excluding carboxylic acids is 1. The number of anilines is 2. The number of fused-ring (bicyclic) bond motifs is 1. The predicted molar refractivity (Wildman–Crippen MR) is 73.1 cm³/mol. The Kier molecular flexibility index (Phi) is 3.09. The Morgan fingerprint density at radius 1 is 1.06 bits per heavy atom. The quantitative estimate of drug-likeness (QED) is 0.762. The summed E-state index contributed by atoms with van der Waals surface area (Å²) in [5.74, 6) is 0. The molecule has 1 saturated heterocycles. The fourth-order valence-electron chi connectivity index (χ4n) is 2.72. The molecule has 2 amide bonds. The first kappa shape index (κ1) is 11.4. The zero-order valence-corrected chi connectivity index (χ0v) is 10.6. The Labute approximate surface area is 108 Å². The number of rotatable bonds is 0. The lowest BCUT2D eigenvalue weighted by Gasteiger charge is -2.27. The van der Waals surface area contributed by atoms with E-state index in [0.717, 1.165) is 56.8 Å². The molecule has 0 bridgehead atoms. The summed E-state index contributed by atoms with van der Waals surface area (Å²) in [7, 11) is 0. The number of amides is 2. The van der Waals surface area contributed by atoms with E-state index >= 15 is 0 Å². The van der Waals surface area contributed by atoms with Crippen molar-refractivity contribution in [3.05, 3.63) is 24.3 Å². The number of para-hydroxylation sites is 2. The van der Waals surface area contributed by atoms with Gasteiger partial charge < -0.3 is 10.2 Å². The first-order valence-corrected chi connectivity index (χ1v) is 6.75. The van der Waals surface area contributed by atoms with Crippen molar-refractivity contribution in [2.75, 3.05) is 36.4 Å². The molecule has 3 rings (SSSR count). The Morgan fingerprint density at radius 2 is 1.83 bits per heavy atom. The zero-order chi connectivity index (χ0) is 12.4. The highest BCUT2D eigenvalue weighted by Gasteiger charge is 2.26. The minimum absolute atomic E-state index is 0.170. The van der Waals surface area contributed by atoms with Gasteiger partial charge in [-0.15, -0.1) is 0 Å². The van der Waals surface area contributed by atoms with Crippen molar-refractivity contribution in [3.8, 4) is 0 Å². The Bertz CT molecular complexity index is 440. The molecule has 18 heavy (non-hydrogen) atoms. The number of nitrogens with zero attached hydrogens (tertiary/aromatic N) is 2. The van der Waals surface area contributed by atoms with Crippen LogP contribution >= 0.6 is 0 Å². The van der Waals surface area contributed by atoms with E-state index in [1.807, 2.05) is 34.1 Å². The fraction of sp³-hybridized carbons (Fsp3) is 0.500. The van der Waals surface area contributed by atoms with Gasteiger partial charge in [0.25, 0.3) is 0 Å². The molecule has 0 aromatic heterocycles. The van der Waals surface area contributed by atoms with Crippen LogP contribution in [0.5, 0.6) is 0 Å². The van der Waals surface area contributed by atoms with Gasteiger partial charge in [0.05, 0.1) is 11.4 Å². The largest absolute Gasteiger partial charge is 0.383 e. The van der Waals surface area contributed by atoms with Gasteiger partial charge in [0.1, 0.15) is 0 Å². The van der Waals surface area contributed by atoms with Crippen LogP contribution in [0.2, 0.25) is 0 Å². The molecule has 96 valence electrons. The van der Waals surface area contributed by atoms with Gasteiger partial charge in [-0.2, -0.15) is 0 Å². The summed E-state index contributed by atoms with van der Waals surface area (Å²) in [6.07, 6.45) is 3.27. The highest BCUT2D eigenvalue weighted by molar-refractivity contribution is 5.96. The van der Waals surface area contributed by atoms with Gasteiger partial charge in [0.15, 0.2) is 0 Å². The monoisotopic (exact) mass is 245 g/mol. The standard InChI is InChI=1S/C14H19N3O/c18-14(16-9-3-4-10-16)17-11-5-8-15-12-6-1-2-7-13(12)17/h1-2,6-7,15H,3-5,8-11H2. The Morgan fingerprint density at radius 3 is 2.67 bits per heavy atom. The molecule has 1 aromatic carbocycles. The summed E-state index contributed by atoms with van der Waals surface area (Å²) in [5, 5.41) is 3.39. The Hall–Kier alpha value is -1.71. The van der Waals surface area contributed by atoms with Crippen LogP contribution in [0.3, 0.4) is 0 Å². The Balaban J connectivity index is 1.88. The second kappa shape index (κ2) is 4.88. The van der Waals surface area contributed by atoms with Crippen LogP contribution in [-0.2, 0) is 0 Å². The fourth-order valence-corrected chi connectivity index (χ4v) is 2.72. The first-order valence-electron chi connectivity index (χ1n) is 6.75. The van der Waals surface area contributed by atoms with Crippen LogP contribution in [-0.4, -0.2) is 37.1 Å². The molecule has 1 aromatic rings. The van der Waals surface area contributed by atoms with Crippen LogP contribution in [0.4, 0.5) is 16.2 Å². The van der Waals surface area contributed by atoms with E-state index in [9.17, 15) is 4.79 Å². The minimum atomic E-state index is 0.170. The predicted octanol–water partition coefficient (Wildman–Crippen LogP) is 2.52. The van der Waals surface area contributed by atoms with E-state index in [1.165, 1.54) is 0 Å². The second-order valence-corrected chi connectivity index (χ2v) is 4.93. The van der Waals surface area contributed by atoms with Crippen molar-refractivity contribution in [3.63, 3.8) is 0 Å². The van der Waals surface area contributed by atoms with Gasteiger partial charge in [0, 0.05) is 26.2 Å². The maximum Gasteiger partial charge on any atom is 0.324 e. The third-order valence-electron chi connectivity index (χ3n) is 3.68. The molecule has 0 unspecified atom stereocenters. The van der Waals surface area contributed by atoms with Gasteiger partial charge in [-0.05, 0) is 31.4 Å². The summed E-state index contributed by atoms with van der Waals surface area (Å²) in [4.78, 5) is 16.4. The molecule has 2 aliphatic rings. The second-order valence-electron chi connectivity index (χ2n) is 4.93. The number of hydrogen-bond donors (Lipinski definition) is 1. The molecule has 1 fully saturated rings. The average molecular weight is 245 g/mol. The molecular weight excluding hydrogens is 226 g/mol. The van der Waals surface area contributed by atoms with Crippen LogP contribution in [0, 0.1) is 0 Å². The zero-order valence-electron chi connectivity index (χ0n) is 10.6. The number of urea groups is 1. The molecule has 2 aliphatic heterocycles. The van der Waals surface area contributed by atoms with E-state index in [2.05, 4.69) is 5.32 Å². The van der Waals surface area contributed by atoms with Crippen LogP contribution in [0.15, 0.2) is 24.3 Å². The minimum Gasteiger partial charge on any atom is -0.383 e. The lowest BCUT2D eigenvalue weighted by atomic mass is 10.2. The molecular formula is C14H19N3O. The normalized spacial score (nSPS) is 19.1. The van der Waals surface area contributed by atoms with Crippen molar-refractivity contribution in [2.45, 2.75) is 19.3 Å². The smallest absolute Gasteiger partial charge is 0.324 e. The topological polar surface area (TPSA) is 35.6 Å². The SMILES string of the molecule is O=C(N1CCCC1)N1CCCNc2ccccc21. The van der Waals surface area contributed by atoms with Crippen molar-refractivity contribution >= 4 is 17.4 Å². The maximum atomic E-state index is 12.5. The highest BCUT2D eigenvalue weighted by atomic mass is 16.2. The molecule has 2 heterocycles. The lowest BCUT2D eigenvalue weighted by Crippen LogP contribution is -2.42. The third kappa shape index (κ3) is 2.03. The number of benzene rings is 1. The number of hydrogen-bond acceptors (Lipinski definition) is 2. The number of carbonyl (C=O) groups is 1. The molecule has 0 spiro atoms. The third-order valence-corrected chi connectivity index (χ3v) is 3.68. The van der Waals surface area contributed by atoms with Crippen molar-refractivity contribution in [2.24, 2.45) is 0 Å². The summed E-state index contributed by atoms with van der Waals surface area (Å²) < 4.78 is 0. The number of likely N-dealkylation sites (tertiary alicyclic amines) is 1. The van der Waals surface area contributed by atoms with Crippen molar-refractivity contribution < 1.29 is 4.79 Å². The summed E-state index contributed by atoms with van der Waals surface area (Å²) >= 11 is 0. The molecule has 0 aliphatic carbocycles. The van der Waals surface area contributed by atoms with Crippen molar-refractivity contribution in [1.29, 1.82) is 0 Å². The van der Waals surface area contributed by atoms with Crippen molar-refractivity contribution in [1.82, 2.24) is 4.90 Å². The first-order chi connectivity index (χ1) is 8.86. The van der Waals surface area contributed by atoms with Crippen LogP contribution in [0.25, 0.3) is 0 Å². The molecule has 0 saturated carbocycles. The van der Waals surface area contributed by atoms with E-state index in [-0.39, 0.29) is 6.03 Å². The van der Waals surface area contributed by atoms with Gasteiger partial charge in [-0.1, -0.05) is 12.1 Å². The van der Waals surface area contributed by atoms with Gasteiger partial charge in [-0.25, -0.2) is 4.79 Å². The van der Waals surface area contributed by atoms with Crippen LogP contribution < -0.4 is 10.2 Å². The van der Waals surface area contributed by atoms with Gasteiger partial charge in [-0.3, -0.25) is 4.90 Å². The number of nitrogens with one attached hydrogen (secondary N) is 1. The van der Waals surface area contributed by atoms with E-state index < -0.39 is 0 Å².